The molecule has 1 N–H and O–H groups in total. The molecule has 0 aliphatic heterocycles. The predicted molar refractivity (Wildman–Crippen MR) is 114 cm³/mol. The maximum Gasteiger partial charge on any atom is 0.243 e. The molecule has 0 saturated carbocycles. The fourth-order valence-electron chi connectivity index (χ4n) is 3.05. The molecule has 0 spiro atoms. The first-order valence-corrected chi connectivity index (χ1v) is 11.3. The number of amides is 1. The van der Waals surface area contributed by atoms with Crippen molar-refractivity contribution in [2.45, 2.75) is 25.8 Å². The van der Waals surface area contributed by atoms with Crippen LogP contribution in [0.4, 0.5) is 10.1 Å². The first-order chi connectivity index (χ1) is 14.2. The number of sulfonamides is 1. The Balaban J connectivity index is 2.10. The summed E-state index contributed by atoms with van der Waals surface area (Å²) in [4.78, 5) is 12.7. The maximum absolute atomic E-state index is 13.0. The molecule has 2 aromatic rings. The summed E-state index contributed by atoms with van der Waals surface area (Å²) in [7, 11) is -0.908. The van der Waals surface area contributed by atoms with E-state index in [0.717, 1.165) is 16.1 Å². The SMILES string of the molecule is COc1ccc(OC)c(N(C(C)C(=O)NCCCc2ccc(F)cc2)S(C)(=O)=O)c1. The van der Waals surface area contributed by atoms with Crippen molar-refractivity contribution in [3.63, 3.8) is 0 Å². The van der Waals surface area contributed by atoms with Gasteiger partial charge in [0.15, 0.2) is 0 Å². The van der Waals surface area contributed by atoms with Crippen molar-refractivity contribution >= 4 is 21.6 Å². The molecule has 1 amide bonds. The third-order valence-electron chi connectivity index (χ3n) is 4.57. The molecule has 1 unspecified atom stereocenters. The van der Waals surface area contributed by atoms with Crippen molar-refractivity contribution in [2.75, 3.05) is 31.3 Å². The number of ether oxygens (including phenoxy) is 2. The molecule has 30 heavy (non-hydrogen) atoms. The van der Waals surface area contributed by atoms with Crippen molar-refractivity contribution in [1.82, 2.24) is 5.32 Å². The van der Waals surface area contributed by atoms with Gasteiger partial charge in [0.2, 0.25) is 15.9 Å². The van der Waals surface area contributed by atoms with Gasteiger partial charge in [0.1, 0.15) is 23.4 Å². The van der Waals surface area contributed by atoms with Gasteiger partial charge in [-0.25, -0.2) is 12.8 Å². The highest BCUT2D eigenvalue weighted by Gasteiger charge is 2.31. The molecule has 0 saturated heterocycles. The minimum atomic E-state index is -3.80. The van der Waals surface area contributed by atoms with Crippen LogP contribution in [0.15, 0.2) is 42.5 Å². The van der Waals surface area contributed by atoms with Crippen LogP contribution in [0, 0.1) is 5.82 Å². The number of nitrogens with one attached hydrogen (secondary N) is 1. The molecule has 0 aliphatic rings. The fraction of sp³-hybridized carbons (Fsp3) is 0.381. The summed E-state index contributed by atoms with van der Waals surface area (Å²) in [5, 5.41) is 2.76. The number of aryl methyl sites for hydroxylation is 1. The van der Waals surface area contributed by atoms with E-state index in [1.54, 1.807) is 24.3 Å². The molecule has 0 fully saturated rings. The summed E-state index contributed by atoms with van der Waals surface area (Å²) in [6.07, 6.45) is 2.32. The topological polar surface area (TPSA) is 84.9 Å². The first kappa shape index (κ1) is 23.5. The van der Waals surface area contributed by atoms with Crippen molar-refractivity contribution in [3.05, 3.63) is 53.8 Å². The van der Waals surface area contributed by atoms with Crippen LogP contribution in [0.1, 0.15) is 18.9 Å². The highest BCUT2D eigenvalue weighted by Crippen LogP contribution is 2.35. The number of halogens is 1. The first-order valence-electron chi connectivity index (χ1n) is 9.41. The summed E-state index contributed by atoms with van der Waals surface area (Å²) in [6, 6.07) is 9.90. The van der Waals surface area contributed by atoms with Gasteiger partial charge in [-0.15, -0.1) is 0 Å². The molecule has 0 bridgehead atoms. The monoisotopic (exact) mass is 438 g/mol. The molecular formula is C21H27FN2O5S. The Labute approximate surface area is 176 Å². The Morgan fingerprint density at radius 1 is 1.13 bits per heavy atom. The smallest absolute Gasteiger partial charge is 0.243 e. The van der Waals surface area contributed by atoms with Crippen LogP contribution in [0.3, 0.4) is 0 Å². The average Bonchev–Trinajstić information content (AvgIpc) is 2.71. The highest BCUT2D eigenvalue weighted by molar-refractivity contribution is 7.92. The standard InChI is InChI=1S/C21H27FN2O5S/c1-15(21(25)23-13-5-6-16-7-9-17(22)10-8-16)24(30(4,26)27)19-14-18(28-2)11-12-20(19)29-3/h7-12,14-15H,5-6,13H2,1-4H3,(H,23,25). The average molecular weight is 439 g/mol. The maximum atomic E-state index is 13.0. The number of carbonyl (C=O) groups excluding carboxylic acids is 1. The predicted octanol–water partition coefficient (Wildman–Crippen LogP) is 2.75. The third kappa shape index (κ3) is 6.09. The lowest BCUT2D eigenvalue weighted by atomic mass is 10.1. The second-order valence-corrected chi connectivity index (χ2v) is 8.65. The second-order valence-electron chi connectivity index (χ2n) is 6.79. The Morgan fingerprint density at radius 3 is 2.37 bits per heavy atom. The summed E-state index contributed by atoms with van der Waals surface area (Å²) in [6.45, 7) is 1.86. The molecule has 0 heterocycles. The number of methoxy groups -OCH3 is 2. The molecular weight excluding hydrogens is 411 g/mol. The van der Waals surface area contributed by atoms with Crippen LogP contribution in [0.2, 0.25) is 0 Å². The molecule has 164 valence electrons. The summed E-state index contributed by atoms with van der Waals surface area (Å²) in [5.74, 6) is 0.00246. The van der Waals surface area contributed by atoms with E-state index in [4.69, 9.17) is 9.47 Å². The highest BCUT2D eigenvalue weighted by atomic mass is 32.2. The van der Waals surface area contributed by atoms with Crippen LogP contribution in [0.5, 0.6) is 11.5 Å². The summed E-state index contributed by atoms with van der Waals surface area (Å²) in [5.41, 5.74) is 1.17. The Kier molecular flexibility index (Phi) is 8.05. The van der Waals surface area contributed by atoms with Crippen molar-refractivity contribution in [3.8, 4) is 11.5 Å². The zero-order valence-corrected chi connectivity index (χ0v) is 18.3. The molecule has 2 aromatic carbocycles. The van der Waals surface area contributed by atoms with Gasteiger partial charge in [0, 0.05) is 12.6 Å². The van der Waals surface area contributed by atoms with Gasteiger partial charge in [-0.05, 0) is 49.6 Å². The van der Waals surface area contributed by atoms with E-state index >= 15 is 0 Å². The van der Waals surface area contributed by atoms with Gasteiger partial charge in [-0.3, -0.25) is 9.10 Å². The van der Waals surface area contributed by atoms with Crippen LogP contribution < -0.4 is 19.1 Å². The molecule has 0 radical (unpaired) electrons. The van der Waals surface area contributed by atoms with E-state index in [9.17, 15) is 17.6 Å². The van der Waals surface area contributed by atoms with Crippen molar-refractivity contribution in [1.29, 1.82) is 0 Å². The number of benzene rings is 2. The van der Waals surface area contributed by atoms with Gasteiger partial charge in [-0.1, -0.05) is 12.1 Å². The van der Waals surface area contributed by atoms with Gasteiger partial charge < -0.3 is 14.8 Å². The van der Waals surface area contributed by atoms with Gasteiger partial charge >= 0.3 is 0 Å². The van der Waals surface area contributed by atoms with Gasteiger partial charge in [-0.2, -0.15) is 0 Å². The Morgan fingerprint density at radius 2 is 1.80 bits per heavy atom. The number of rotatable bonds is 10. The van der Waals surface area contributed by atoms with Crippen LogP contribution in [-0.4, -0.2) is 47.4 Å². The van der Waals surface area contributed by atoms with Crippen LogP contribution >= 0.6 is 0 Å². The normalized spacial score (nSPS) is 12.2. The molecule has 1 atom stereocenters. The fourth-order valence-corrected chi connectivity index (χ4v) is 4.22. The van der Waals surface area contributed by atoms with Crippen LogP contribution in [-0.2, 0) is 21.2 Å². The van der Waals surface area contributed by atoms with E-state index in [-0.39, 0.29) is 11.5 Å². The number of hydrogen-bond acceptors (Lipinski definition) is 5. The van der Waals surface area contributed by atoms with Gasteiger partial charge in [0.25, 0.3) is 0 Å². The zero-order chi connectivity index (χ0) is 22.3. The molecule has 0 aromatic heterocycles. The summed E-state index contributed by atoms with van der Waals surface area (Å²) >= 11 is 0. The van der Waals surface area contributed by atoms with E-state index in [1.807, 2.05) is 0 Å². The van der Waals surface area contributed by atoms with E-state index < -0.39 is 22.0 Å². The van der Waals surface area contributed by atoms with E-state index in [0.29, 0.717) is 30.9 Å². The van der Waals surface area contributed by atoms with Gasteiger partial charge in [0.05, 0.1) is 26.2 Å². The summed E-state index contributed by atoms with van der Waals surface area (Å²) < 4.78 is 49.5. The van der Waals surface area contributed by atoms with Crippen molar-refractivity contribution in [2.24, 2.45) is 0 Å². The molecule has 7 nitrogen and oxygen atoms in total. The lowest BCUT2D eigenvalue weighted by Gasteiger charge is -2.29. The Hall–Kier alpha value is -2.81. The third-order valence-corrected chi connectivity index (χ3v) is 5.79. The largest absolute Gasteiger partial charge is 0.497 e. The lowest BCUT2D eigenvalue weighted by Crippen LogP contribution is -2.48. The lowest BCUT2D eigenvalue weighted by molar-refractivity contribution is -0.121. The minimum Gasteiger partial charge on any atom is -0.497 e. The number of carbonyl (C=O) groups is 1. The van der Waals surface area contributed by atoms with E-state index in [2.05, 4.69) is 5.32 Å². The second kappa shape index (κ2) is 10.3. The number of nitrogens with zero attached hydrogens (tertiary/aromatic N) is 1. The van der Waals surface area contributed by atoms with Crippen LogP contribution in [0.25, 0.3) is 0 Å². The zero-order valence-electron chi connectivity index (χ0n) is 17.5. The quantitative estimate of drug-likeness (QED) is 0.577. The van der Waals surface area contributed by atoms with Crippen molar-refractivity contribution < 1.29 is 27.1 Å². The number of hydrogen-bond donors (Lipinski definition) is 1. The minimum absolute atomic E-state index is 0.216. The molecule has 0 aliphatic carbocycles. The number of anilines is 1. The molecule has 2 rings (SSSR count). The molecule has 9 heteroatoms. The Bertz CT molecular complexity index is 964. The van der Waals surface area contributed by atoms with E-state index in [1.165, 1.54) is 39.3 Å².